The number of Topliss-reactive ketones (excluding diaryl/α,β-unsaturated/α-hetero) is 1. The minimum atomic E-state index is -1.62. The first-order chi connectivity index (χ1) is 14.5. The van der Waals surface area contributed by atoms with Crippen LogP contribution in [0.3, 0.4) is 0 Å². The number of benzene rings is 2. The summed E-state index contributed by atoms with van der Waals surface area (Å²) in [6.07, 6.45) is 1.24. The van der Waals surface area contributed by atoms with E-state index in [2.05, 4.69) is 11.4 Å². The van der Waals surface area contributed by atoms with Crippen LogP contribution < -0.4 is 16.0 Å². The zero-order valence-electron chi connectivity index (χ0n) is 15.9. The molecule has 1 atom stereocenters. The number of anilines is 2. The van der Waals surface area contributed by atoms with Crippen molar-refractivity contribution in [2.75, 3.05) is 10.2 Å². The molecule has 0 unspecified atom stereocenters. The predicted octanol–water partition coefficient (Wildman–Crippen LogP) is 3.24. The van der Waals surface area contributed by atoms with Gasteiger partial charge in [-0.15, -0.1) is 0 Å². The number of allylic oxidation sites excluding steroid dienone is 1. The van der Waals surface area contributed by atoms with Crippen LogP contribution in [0.1, 0.15) is 24.8 Å². The second-order valence-electron chi connectivity index (χ2n) is 7.51. The zero-order valence-corrected chi connectivity index (χ0v) is 15.9. The quantitative estimate of drug-likeness (QED) is 0.766. The number of hydrogen-bond donors (Lipinski definition) is 2. The van der Waals surface area contributed by atoms with E-state index in [1.165, 1.54) is 11.0 Å². The highest BCUT2D eigenvalue weighted by Crippen LogP contribution is 2.55. The second-order valence-corrected chi connectivity index (χ2v) is 7.51. The van der Waals surface area contributed by atoms with Crippen molar-refractivity contribution in [2.24, 2.45) is 5.73 Å². The van der Waals surface area contributed by atoms with Crippen LogP contribution in [-0.2, 0) is 15.0 Å². The van der Waals surface area contributed by atoms with Gasteiger partial charge in [0.05, 0.1) is 11.3 Å². The summed E-state index contributed by atoms with van der Waals surface area (Å²) in [7, 11) is 0. The molecule has 0 bridgehead atoms. The van der Waals surface area contributed by atoms with Crippen LogP contribution in [0.25, 0.3) is 0 Å². The van der Waals surface area contributed by atoms with Crippen molar-refractivity contribution >= 4 is 23.1 Å². The van der Waals surface area contributed by atoms with Gasteiger partial charge in [-0.25, -0.2) is 4.39 Å². The Labute approximate surface area is 172 Å². The third-order valence-corrected chi connectivity index (χ3v) is 6.03. The van der Waals surface area contributed by atoms with Crippen LogP contribution in [0.5, 0.6) is 0 Å². The number of halogens is 1. The summed E-state index contributed by atoms with van der Waals surface area (Å²) in [4.78, 5) is 28.1. The van der Waals surface area contributed by atoms with Crippen LogP contribution in [0.2, 0.25) is 0 Å². The fourth-order valence-electron chi connectivity index (χ4n) is 4.85. The van der Waals surface area contributed by atoms with Gasteiger partial charge < -0.3 is 11.1 Å². The van der Waals surface area contributed by atoms with Crippen molar-refractivity contribution in [1.82, 2.24) is 0 Å². The van der Waals surface area contributed by atoms with E-state index in [-0.39, 0.29) is 34.9 Å². The normalized spacial score (nSPS) is 22.7. The molecule has 3 N–H and O–H groups in total. The smallest absolute Gasteiger partial charge is 0.245 e. The Balaban J connectivity index is 1.91. The minimum Gasteiger partial charge on any atom is -0.384 e. The highest BCUT2D eigenvalue weighted by atomic mass is 19.1. The lowest BCUT2D eigenvalue weighted by Gasteiger charge is -2.43. The van der Waals surface area contributed by atoms with E-state index in [9.17, 15) is 19.2 Å². The standard InChI is InChI=1S/C23H17FN4O2/c24-15-7-2-4-9-17(15)28-18-10-5-11-19(29)20(18)23(14(12-25)21(28)26)13-6-1-3-8-16(13)27-22(23)30/h1-4,6-9H,5,10-11,26H2,(H,27,30)/t23-/m1/s1. The molecule has 5 rings (SSSR count). The number of nitrogens with one attached hydrogen (secondary N) is 1. The Bertz CT molecular complexity index is 1240. The number of fused-ring (bicyclic) bond motifs is 3. The highest BCUT2D eigenvalue weighted by molar-refractivity contribution is 6.19. The monoisotopic (exact) mass is 400 g/mol. The lowest BCUT2D eigenvalue weighted by atomic mass is 9.64. The summed E-state index contributed by atoms with van der Waals surface area (Å²) in [6.45, 7) is 0. The van der Waals surface area contributed by atoms with Gasteiger partial charge in [0.25, 0.3) is 0 Å². The number of para-hydroxylation sites is 2. The molecular formula is C23H17FN4O2. The third-order valence-electron chi connectivity index (χ3n) is 6.03. The van der Waals surface area contributed by atoms with Crippen molar-refractivity contribution < 1.29 is 14.0 Å². The Hall–Kier alpha value is -3.92. The molecule has 2 heterocycles. The Morgan fingerprint density at radius 2 is 1.83 bits per heavy atom. The topological polar surface area (TPSA) is 99.2 Å². The van der Waals surface area contributed by atoms with Gasteiger partial charge in [-0.3, -0.25) is 14.5 Å². The van der Waals surface area contributed by atoms with Crippen molar-refractivity contribution in [3.8, 4) is 6.07 Å². The number of nitrogens with two attached hydrogens (primary N) is 1. The molecule has 1 spiro atoms. The highest BCUT2D eigenvalue weighted by Gasteiger charge is 2.60. The van der Waals surface area contributed by atoms with Gasteiger partial charge in [0.1, 0.15) is 23.1 Å². The van der Waals surface area contributed by atoms with E-state index in [1.807, 2.05) is 0 Å². The van der Waals surface area contributed by atoms with Crippen molar-refractivity contribution in [1.29, 1.82) is 5.26 Å². The Kier molecular flexibility index (Phi) is 3.80. The molecule has 0 saturated heterocycles. The van der Waals surface area contributed by atoms with Crippen LogP contribution in [-0.4, -0.2) is 11.7 Å². The Morgan fingerprint density at radius 3 is 2.60 bits per heavy atom. The van der Waals surface area contributed by atoms with Gasteiger partial charge in [0, 0.05) is 28.9 Å². The summed E-state index contributed by atoms with van der Waals surface area (Å²) in [5.41, 5.74) is 6.65. The zero-order chi connectivity index (χ0) is 21.0. The maximum atomic E-state index is 14.7. The van der Waals surface area contributed by atoms with Gasteiger partial charge in [0.2, 0.25) is 5.91 Å². The first kappa shape index (κ1) is 18.1. The molecule has 0 saturated carbocycles. The minimum absolute atomic E-state index is 0.0390. The number of hydrogen-bond acceptors (Lipinski definition) is 5. The summed E-state index contributed by atoms with van der Waals surface area (Å²) in [5, 5.41) is 12.9. The number of ketones is 1. The summed E-state index contributed by atoms with van der Waals surface area (Å²) < 4.78 is 14.7. The maximum Gasteiger partial charge on any atom is 0.245 e. The molecule has 0 aromatic heterocycles. The van der Waals surface area contributed by atoms with Crippen molar-refractivity contribution in [2.45, 2.75) is 24.7 Å². The van der Waals surface area contributed by atoms with Crippen molar-refractivity contribution in [3.63, 3.8) is 0 Å². The molecule has 6 nitrogen and oxygen atoms in total. The number of nitrogens with zero attached hydrogens (tertiary/aromatic N) is 2. The molecule has 2 aromatic carbocycles. The molecule has 7 heteroatoms. The molecule has 148 valence electrons. The van der Waals surface area contributed by atoms with E-state index >= 15 is 0 Å². The SMILES string of the molecule is N#CC1=C(N)N(c2ccccc2F)C2=C(C(=O)CCC2)[C@]12C(=O)Nc1ccccc12. The van der Waals surface area contributed by atoms with Crippen molar-refractivity contribution in [3.05, 3.63) is 82.6 Å². The summed E-state index contributed by atoms with van der Waals surface area (Å²) in [6, 6.07) is 15.1. The molecular weight excluding hydrogens is 383 g/mol. The van der Waals surface area contributed by atoms with Gasteiger partial charge in [0.15, 0.2) is 5.78 Å². The number of nitriles is 1. The van der Waals surface area contributed by atoms with E-state index in [1.54, 1.807) is 42.5 Å². The average molecular weight is 400 g/mol. The summed E-state index contributed by atoms with van der Waals surface area (Å²) in [5.74, 6) is -1.29. The number of carbonyl (C=O) groups excluding carboxylic acids is 2. The van der Waals surface area contributed by atoms with E-state index < -0.39 is 17.1 Å². The van der Waals surface area contributed by atoms with Gasteiger partial charge in [-0.1, -0.05) is 30.3 Å². The first-order valence-electron chi connectivity index (χ1n) is 9.64. The molecule has 0 radical (unpaired) electrons. The predicted molar refractivity (Wildman–Crippen MR) is 108 cm³/mol. The largest absolute Gasteiger partial charge is 0.384 e. The second kappa shape index (κ2) is 6.29. The molecule has 2 aliphatic heterocycles. The molecule has 30 heavy (non-hydrogen) atoms. The van der Waals surface area contributed by atoms with E-state index in [0.717, 1.165) is 0 Å². The maximum absolute atomic E-state index is 14.7. The number of amides is 1. The summed E-state index contributed by atoms with van der Waals surface area (Å²) >= 11 is 0. The van der Waals surface area contributed by atoms with Gasteiger partial charge in [-0.2, -0.15) is 5.26 Å². The molecule has 1 amide bonds. The lowest BCUT2D eigenvalue weighted by molar-refractivity contribution is -0.122. The van der Waals surface area contributed by atoms with E-state index in [4.69, 9.17) is 5.73 Å². The van der Waals surface area contributed by atoms with E-state index in [0.29, 0.717) is 29.8 Å². The van der Waals surface area contributed by atoms with Crippen LogP contribution in [0, 0.1) is 17.1 Å². The molecule has 2 aromatic rings. The number of rotatable bonds is 1. The lowest BCUT2D eigenvalue weighted by Crippen LogP contribution is -2.50. The average Bonchev–Trinajstić information content (AvgIpc) is 3.02. The van der Waals surface area contributed by atoms with Crippen LogP contribution in [0.4, 0.5) is 15.8 Å². The van der Waals surface area contributed by atoms with Crippen LogP contribution in [0.15, 0.2) is 71.2 Å². The molecule has 0 fully saturated rings. The van der Waals surface area contributed by atoms with Gasteiger partial charge in [-0.05, 0) is 31.0 Å². The van der Waals surface area contributed by atoms with Gasteiger partial charge >= 0.3 is 0 Å². The third kappa shape index (κ3) is 2.10. The molecule has 1 aliphatic carbocycles. The Morgan fingerprint density at radius 1 is 1.10 bits per heavy atom. The first-order valence-corrected chi connectivity index (χ1v) is 9.64. The fourth-order valence-corrected chi connectivity index (χ4v) is 4.85. The van der Waals surface area contributed by atoms with Crippen LogP contribution >= 0.6 is 0 Å². The number of carbonyl (C=O) groups is 2. The molecule has 3 aliphatic rings. The fraction of sp³-hybridized carbons (Fsp3) is 0.174.